The molecule has 0 aliphatic rings. The van der Waals surface area contributed by atoms with Crippen molar-refractivity contribution in [3.63, 3.8) is 0 Å². The van der Waals surface area contributed by atoms with Gasteiger partial charge in [-0.3, -0.25) is 0 Å². The first kappa shape index (κ1) is 17.2. The Morgan fingerprint density at radius 2 is 1.84 bits per heavy atom. The van der Waals surface area contributed by atoms with Crippen molar-refractivity contribution in [1.29, 1.82) is 0 Å². The zero-order valence-electron chi connectivity index (χ0n) is 15.0. The van der Waals surface area contributed by atoms with Gasteiger partial charge in [-0.1, -0.05) is 30.3 Å². The van der Waals surface area contributed by atoms with E-state index >= 15 is 0 Å². The van der Waals surface area contributed by atoms with Gasteiger partial charge in [0.05, 0.1) is 7.05 Å². The summed E-state index contributed by atoms with van der Waals surface area (Å²) in [5.41, 5.74) is 3.60. The van der Waals surface area contributed by atoms with Crippen LogP contribution in [0.2, 0.25) is 0 Å². The van der Waals surface area contributed by atoms with Crippen molar-refractivity contribution in [2.75, 3.05) is 20.2 Å². The minimum absolute atomic E-state index is 0.287. The van der Waals surface area contributed by atoms with E-state index in [0.29, 0.717) is 12.2 Å². The van der Waals surface area contributed by atoms with Crippen LogP contribution in [0.1, 0.15) is 16.7 Å². The molecule has 3 rings (SSSR count). The molecule has 4 heteroatoms. The lowest BCUT2D eigenvalue weighted by Crippen LogP contribution is -3.08. The monoisotopic (exact) mass is 338 g/mol. The van der Waals surface area contributed by atoms with Crippen molar-refractivity contribution >= 4 is 11.0 Å². The van der Waals surface area contributed by atoms with E-state index in [4.69, 9.17) is 9.15 Å². The maximum Gasteiger partial charge on any atom is 0.336 e. The molecule has 3 aromatic rings. The quantitative estimate of drug-likeness (QED) is 0.703. The zero-order chi connectivity index (χ0) is 17.8. The molecule has 0 fully saturated rings. The van der Waals surface area contributed by atoms with E-state index in [2.05, 4.69) is 13.1 Å². The lowest BCUT2D eigenvalue weighted by molar-refractivity contribution is -0.893. The van der Waals surface area contributed by atoms with E-state index < -0.39 is 0 Å². The highest BCUT2D eigenvalue weighted by Gasteiger charge is 2.13. The Kier molecular flexibility index (Phi) is 5.19. The first-order valence-electron chi connectivity index (χ1n) is 8.56. The third kappa shape index (κ3) is 4.09. The number of fused-ring (bicyclic) bond motifs is 1. The van der Waals surface area contributed by atoms with Gasteiger partial charge in [-0.15, -0.1) is 0 Å². The van der Waals surface area contributed by atoms with Crippen LogP contribution >= 0.6 is 0 Å². The molecule has 0 aliphatic carbocycles. The van der Waals surface area contributed by atoms with E-state index in [1.165, 1.54) is 4.90 Å². The summed E-state index contributed by atoms with van der Waals surface area (Å²) in [7, 11) is 2.11. The zero-order valence-corrected chi connectivity index (χ0v) is 15.0. The molecule has 0 saturated carbocycles. The smallest absolute Gasteiger partial charge is 0.336 e. The number of likely N-dealkylation sites (N-methyl/N-ethyl adjacent to an activating group) is 1. The SMILES string of the molecule is Cc1ccc2c(C[NH+](C)CCOc3ccccc3)cc(=O)oc2c1C. The number of para-hydroxylation sites is 1. The van der Waals surface area contributed by atoms with Crippen LogP contribution in [0.25, 0.3) is 11.0 Å². The van der Waals surface area contributed by atoms with Gasteiger partial charge in [0.1, 0.15) is 31.0 Å². The van der Waals surface area contributed by atoms with E-state index in [-0.39, 0.29) is 5.63 Å². The fraction of sp³-hybridized carbons (Fsp3) is 0.286. The largest absolute Gasteiger partial charge is 0.488 e. The Bertz CT molecular complexity index is 916. The average Bonchev–Trinajstić information content (AvgIpc) is 2.59. The minimum Gasteiger partial charge on any atom is -0.488 e. The molecule has 0 saturated heterocycles. The van der Waals surface area contributed by atoms with Gasteiger partial charge in [-0.2, -0.15) is 0 Å². The Hall–Kier alpha value is -2.59. The molecule has 0 aliphatic heterocycles. The predicted octanol–water partition coefficient (Wildman–Crippen LogP) is 2.50. The summed E-state index contributed by atoms with van der Waals surface area (Å²) in [4.78, 5) is 13.2. The molecule has 130 valence electrons. The van der Waals surface area contributed by atoms with Crippen LogP contribution in [0.15, 0.2) is 57.7 Å². The Morgan fingerprint density at radius 1 is 1.08 bits per heavy atom. The topological polar surface area (TPSA) is 43.9 Å². The van der Waals surface area contributed by atoms with Gasteiger partial charge in [0.25, 0.3) is 0 Å². The van der Waals surface area contributed by atoms with Gasteiger partial charge in [0.2, 0.25) is 0 Å². The Balaban J connectivity index is 1.72. The highest BCUT2D eigenvalue weighted by atomic mass is 16.5. The fourth-order valence-electron chi connectivity index (χ4n) is 2.94. The van der Waals surface area contributed by atoms with Crippen molar-refractivity contribution < 1.29 is 14.1 Å². The van der Waals surface area contributed by atoms with Gasteiger partial charge >= 0.3 is 5.63 Å². The summed E-state index contributed by atoms with van der Waals surface area (Å²) in [6, 6.07) is 15.5. The summed E-state index contributed by atoms with van der Waals surface area (Å²) in [6.07, 6.45) is 0. The fourth-order valence-corrected chi connectivity index (χ4v) is 2.94. The third-order valence-corrected chi connectivity index (χ3v) is 4.55. The maximum absolute atomic E-state index is 11.9. The van der Waals surface area contributed by atoms with E-state index in [1.807, 2.05) is 50.2 Å². The highest BCUT2D eigenvalue weighted by molar-refractivity contribution is 5.83. The summed E-state index contributed by atoms with van der Waals surface area (Å²) >= 11 is 0. The van der Waals surface area contributed by atoms with Crippen LogP contribution in [-0.2, 0) is 6.54 Å². The first-order valence-corrected chi connectivity index (χ1v) is 8.56. The van der Waals surface area contributed by atoms with Crippen molar-refractivity contribution in [3.8, 4) is 5.75 Å². The molecule has 1 N–H and O–H groups in total. The molecule has 0 spiro atoms. The van der Waals surface area contributed by atoms with Gasteiger partial charge in [-0.05, 0) is 37.1 Å². The van der Waals surface area contributed by atoms with Crippen LogP contribution in [-0.4, -0.2) is 20.2 Å². The first-order chi connectivity index (χ1) is 12.0. The van der Waals surface area contributed by atoms with Crippen molar-refractivity contribution in [1.82, 2.24) is 0 Å². The molecular formula is C21H24NO3+. The number of nitrogens with one attached hydrogen (secondary N) is 1. The van der Waals surface area contributed by atoms with Gasteiger partial charge in [-0.25, -0.2) is 4.79 Å². The molecule has 1 unspecified atom stereocenters. The van der Waals surface area contributed by atoms with E-state index in [9.17, 15) is 4.79 Å². The molecule has 0 radical (unpaired) electrons. The summed E-state index contributed by atoms with van der Waals surface area (Å²) in [5, 5.41) is 1.02. The number of quaternary nitrogens is 1. The maximum atomic E-state index is 11.9. The molecule has 0 bridgehead atoms. The highest BCUT2D eigenvalue weighted by Crippen LogP contribution is 2.22. The van der Waals surface area contributed by atoms with Crippen LogP contribution < -0.4 is 15.3 Å². The molecule has 25 heavy (non-hydrogen) atoms. The predicted molar refractivity (Wildman–Crippen MR) is 99.4 cm³/mol. The molecule has 1 heterocycles. The number of aryl methyl sites for hydroxylation is 2. The van der Waals surface area contributed by atoms with Crippen LogP contribution in [0, 0.1) is 13.8 Å². The van der Waals surface area contributed by atoms with Gasteiger partial charge < -0.3 is 14.1 Å². The van der Waals surface area contributed by atoms with Gasteiger partial charge in [0, 0.05) is 17.0 Å². The molecule has 2 aromatic carbocycles. The molecule has 1 atom stereocenters. The number of benzene rings is 2. The van der Waals surface area contributed by atoms with E-state index in [0.717, 1.165) is 40.9 Å². The van der Waals surface area contributed by atoms with Crippen LogP contribution in [0.3, 0.4) is 0 Å². The van der Waals surface area contributed by atoms with Crippen LogP contribution in [0.5, 0.6) is 5.75 Å². The van der Waals surface area contributed by atoms with Crippen molar-refractivity contribution in [2.45, 2.75) is 20.4 Å². The lowest BCUT2D eigenvalue weighted by atomic mass is 10.0. The molecule has 4 nitrogen and oxygen atoms in total. The number of hydrogen-bond donors (Lipinski definition) is 1. The second-order valence-electron chi connectivity index (χ2n) is 6.52. The van der Waals surface area contributed by atoms with Gasteiger partial charge in [0.15, 0.2) is 0 Å². The average molecular weight is 338 g/mol. The Morgan fingerprint density at radius 3 is 2.60 bits per heavy atom. The second-order valence-corrected chi connectivity index (χ2v) is 6.52. The summed E-state index contributed by atoms with van der Waals surface area (Å²) in [6.45, 7) is 6.26. The molecule has 1 aromatic heterocycles. The number of rotatable bonds is 6. The Labute approximate surface area is 147 Å². The number of hydrogen-bond acceptors (Lipinski definition) is 3. The third-order valence-electron chi connectivity index (χ3n) is 4.55. The summed E-state index contributed by atoms with van der Waals surface area (Å²) < 4.78 is 11.2. The van der Waals surface area contributed by atoms with Crippen molar-refractivity contribution in [3.05, 3.63) is 75.6 Å². The summed E-state index contributed by atoms with van der Waals surface area (Å²) in [5.74, 6) is 0.882. The number of ether oxygens (including phenoxy) is 1. The minimum atomic E-state index is -0.287. The lowest BCUT2D eigenvalue weighted by Gasteiger charge is -2.16. The van der Waals surface area contributed by atoms with E-state index in [1.54, 1.807) is 6.07 Å². The normalized spacial score (nSPS) is 12.3. The van der Waals surface area contributed by atoms with Crippen molar-refractivity contribution in [2.24, 2.45) is 0 Å². The van der Waals surface area contributed by atoms with Crippen LogP contribution in [0.4, 0.5) is 0 Å². The standard InChI is InChI=1S/C21H23NO3/c1-15-9-10-19-17(13-20(23)25-21(19)16(15)2)14-22(3)11-12-24-18-7-5-4-6-8-18/h4-10,13H,11-12,14H2,1-3H3/p+1. The second kappa shape index (κ2) is 7.53. The molecule has 0 amide bonds. The molecular weight excluding hydrogens is 314 g/mol.